The van der Waals surface area contributed by atoms with Gasteiger partial charge in [-0.05, 0) is 41.8 Å². The van der Waals surface area contributed by atoms with E-state index in [1.807, 2.05) is 19.1 Å². The first kappa shape index (κ1) is 15.0. The molecule has 0 fully saturated rings. The largest absolute Gasteiger partial charge is 0.294 e. The van der Waals surface area contributed by atoms with Crippen molar-refractivity contribution in [3.63, 3.8) is 0 Å². The first-order chi connectivity index (χ1) is 10.8. The van der Waals surface area contributed by atoms with E-state index in [9.17, 15) is 4.79 Å². The Morgan fingerprint density at radius 1 is 1.23 bits per heavy atom. The number of pyridine rings is 1. The van der Waals surface area contributed by atoms with Crippen LogP contribution in [0.1, 0.15) is 19.8 Å². The molecular weight excluding hydrogens is 314 g/mol. The van der Waals surface area contributed by atoms with Crippen molar-refractivity contribution in [2.75, 3.05) is 0 Å². The summed E-state index contributed by atoms with van der Waals surface area (Å²) in [4.78, 5) is 20.1. The van der Waals surface area contributed by atoms with Crippen LogP contribution in [0, 0.1) is 0 Å². The number of amides is 1. The summed E-state index contributed by atoms with van der Waals surface area (Å²) in [5.41, 5.74) is 3.19. The van der Waals surface area contributed by atoms with E-state index in [1.54, 1.807) is 23.7 Å². The van der Waals surface area contributed by atoms with Gasteiger partial charge in [0.1, 0.15) is 0 Å². The average Bonchev–Trinajstić information content (AvgIpc) is 2.96. The Hall–Kier alpha value is -1.92. The molecule has 0 aliphatic carbocycles. The van der Waals surface area contributed by atoms with Crippen LogP contribution in [0.15, 0.2) is 47.1 Å². The maximum Gasteiger partial charge on any atom is 0.230 e. The third-order valence-electron chi connectivity index (χ3n) is 3.11. The number of nitrogens with one attached hydrogen (secondary N) is 1. The van der Waals surface area contributed by atoms with E-state index in [1.165, 1.54) is 11.9 Å². The minimum atomic E-state index is 0.0456. The fourth-order valence-electron chi connectivity index (χ4n) is 2.05. The number of nitrogens with zero attached hydrogens (tertiary/aromatic N) is 2. The third kappa shape index (κ3) is 3.45. The summed E-state index contributed by atoms with van der Waals surface area (Å²) in [5, 5.41) is 0. The number of hydrogen-bond acceptors (Lipinski definition) is 5. The van der Waals surface area contributed by atoms with Crippen molar-refractivity contribution in [2.45, 2.75) is 24.1 Å². The second-order valence-corrected chi connectivity index (χ2v) is 6.86. The van der Waals surface area contributed by atoms with Crippen molar-refractivity contribution < 1.29 is 4.79 Å². The van der Waals surface area contributed by atoms with Gasteiger partial charge in [-0.1, -0.05) is 13.0 Å². The molecule has 3 rings (SSSR count). The van der Waals surface area contributed by atoms with E-state index in [-0.39, 0.29) is 5.91 Å². The second kappa shape index (κ2) is 6.89. The van der Waals surface area contributed by atoms with Crippen molar-refractivity contribution in [3.8, 4) is 11.1 Å². The summed E-state index contributed by atoms with van der Waals surface area (Å²) >= 11 is 2.88. The number of rotatable bonds is 5. The highest BCUT2D eigenvalue weighted by atomic mass is 32.2. The molecular formula is C16H15N3OS2. The van der Waals surface area contributed by atoms with E-state index in [0.29, 0.717) is 6.42 Å². The lowest BCUT2D eigenvalue weighted by Crippen LogP contribution is -2.14. The SMILES string of the molecule is CCCC(=O)NSc1nc2cc(-c3ccncc3)ccc2s1. The van der Waals surface area contributed by atoms with Gasteiger partial charge in [0.05, 0.1) is 10.2 Å². The van der Waals surface area contributed by atoms with E-state index in [0.717, 1.165) is 32.1 Å². The maximum absolute atomic E-state index is 11.5. The van der Waals surface area contributed by atoms with Gasteiger partial charge in [0, 0.05) is 30.8 Å². The molecule has 0 aliphatic rings. The summed E-state index contributed by atoms with van der Waals surface area (Å²) < 4.78 is 4.79. The van der Waals surface area contributed by atoms with E-state index in [2.05, 4.69) is 32.9 Å². The number of fused-ring (bicyclic) bond motifs is 1. The fraction of sp³-hybridized carbons (Fsp3) is 0.188. The fourth-order valence-corrected chi connectivity index (χ4v) is 3.74. The number of hydrogen-bond donors (Lipinski definition) is 1. The molecule has 112 valence electrons. The van der Waals surface area contributed by atoms with Gasteiger partial charge in [-0.3, -0.25) is 14.5 Å². The monoisotopic (exact) mass is 329 g/mol. The van der Waals surface area contributed by atoms with Crippen molar-refractivity contribution in [2.24, 2.45) is 0 Å². The van der Waals surface area contributed by atoms with Crippen LogP contribution < -0.4 is 4.72 Å². The van der Waals surface area contributed by atoms with Crippen LogP contribution in [0.25, 0.3) is 21.3 Å². The minimum Gasteiger partial charge on any atom is -0.294 e. The second-order valence-electron chi connectivity index (χ2n) is 4.78. The standard InChI is InChI=1S/C16H15N3OS2/c1-2-3-15(20)19-22-16-18-13-10-12(4-5-14(13)21-16)11-6-8-17-9-7-11/h4-10H,2-3H2,1H3,(H,19,20). The number of benzene rings is 1. The Balaban J connectivity index is 1.80. The first-order valence-electron chi connectivity index (χ1n) is 7.03. The Morgan fingerprint density at radius 3 is 2.82 bits per heavy atom. The predicted molar refractivity (Wildman–Crippen MR) is 91.8 cm³/mol. The summed E-state index contributed by atoms with van der Waals surface area (Å²) in [7, 11) is 0. The highest BCUT2D eigenvalue weighted by Gasteiger charge is 2.08. The molecule has 2 aromatic heterocycles. The molecule has 6 heteroatoms. The molecule has 0 atom stereocenters. The van der Waals surface area contributed by atoms with E-state index in [4.69, 9.17) is 0 Å². The van der Waals surface area contributed by atoms with E-state index < -0.39 is 0 Å². The third-order valence-corrected chi connectivity index (χ3v) is 5.04. The summed E-state index contributed by atoms with van der Waals surface area (Å²) in [6.07, 6.45) is 4.96. The summed E-state index contributed by atoms with van der Waals surface area (Å²) in [6.45, 7) is 1.99. The maximum atomic E-state index is 11.5. The Kier molecular flexibility index (Phi) is 4.70. The Labute approximate surface area is 137 Å². The molecule has 0 unspecified atom stereocenters. The van der Waals surface area contributed by atoms with Gasteiger partial charge in [-0.15, -0.1) is 11.3 Å². The van der Waals surface area contributed by atoms with Crippen LogP contribution in [0.2, 0.25) is 0 Å². The molecule has 22 heavy (non-hydrogen) atoms. The number of carbonyl (C=O) groups excluding carboxylic acids is 1. The Bertz CT molecular complexity index is 786. The van der Waals surface area contributed by atoms with Gasteiger partial charge in [0.2, 0.25) is 5.91 Å². The lowest BCUT2D eigenvalue weighted by Gasteiger charge is -1.99. The lowest BCUT2D eigenvalue weighted by atomic mass is 10.1. The molecule has 0 saturated carbocycles. The van der Waals surface area contributed by atoms with Crippen molar-refractivity contribution >= 4 is 39.4 Å². The summed E-state index contributed by atoms with van der Waals surface area (Å²) in [5.74, 6) is 0.0456. The Morgan fingerprint density at radius 2 is 2.05 bits per heavy atom. The van der Waals surface area contributed by atoms with Crippen LogP contribution >= 0.6 is 23.3 Å². The minimum absolute atomic E-state index is 0.0456. The molecule has 1 amide bonds. The molecule has 0 saturated heterocycles. The van der Waals surface area contributed by atoms with Gasteiger partial charge in [0.15, 0.2) is 4.34 Å². The highest BCUT2D eigenvalue weighted by molar-refractivity contribution is 7.99. The van der Waals surface area contributed by atoms with Crippen molar-refractivity contribution in [1.29, 1.82) is 0 Å². The zero-order valence-electron chi connectivity index (χ0n) is 12.1. The van der Waals surface area contributed by atoms with Gasteiger partial charge in [0.25, 0.3) is 0 Å². The molecule has 0 spiro atoms. The van der Waals surface area contributed by atoms with Crippen LogP contribution in [-0.2, 0) is 4.79 Å². The molecule has 3 aromatic rings. The average molecular weight is 329 g/mol. The van der Waals surface area contributed by atoms with Gasteiger partial charge >= 0.3 is 0 Å². The topological polar surface area (TPSA) is 54.9 Å². The lowest BCUT2D eigenvalue weighted by molar-refractivity contribution is -0.119. The van der Waals surface area contributed by atoms with Crippen LogP contribution in [0.4, 0.5) is 0 Å². The number of aromatic nitrogens is 2. The molecule has 1 aromatic carbocycles. The van der Waals surface area contributed by atoms with E-state index >= 15 is 0 Å². The smallest absolute Gasteiger partial charge is 0.230 e. The van der Waals surface area contributed by atoms with Crippen LogP contribution in [-0.4, -0.2) is 15.9 Å². The quantitative estimate of drug-likeness (QED) is 0.710. The first-order valence-corrected chi connectivity index (χ1v) is 8.66. The molecule has 4 nitrogen and oxygen atoms in total. The summed E-state index contributed by atoms with van der Waals surface area (Å²) in [6, 6.07) is 10.2. The molecule has 0 bridgehead atoms. The van der Waals surface area contributed by atoms with Gasteiger partial charge in [-0.2, -0.15) is 0 Å². The highest BCUT2D eigenvalue weighted by Crippen LogP contribution is 2.31. The predicted octanol–water partition coefficient (Wildman–Crippen LogP) is 4.28. The van der Waals surface area contributed by atoms with Crippen molar-refractivity contribution in [3.05, 3.63) is 42.7 Å². The van der Waals surface area contributed by atoms with Gasteiger partial charge < -0.3 is 0 Å². The zero-order chi connectivity index (χ0) is 15.4. The number of thiazole rings is 1. The zero-order valence-corrected chi connectivity index (χ0v) is 13.7. The number of carbonyl (C=O) groups is 1. The van der Waals surface area contributed by atoms with Crippen molar-refractivity contribution in [1.82, 2.24) is 14.7 Å². The molecule has 0 radical (unpaired) electrons. The normalized spacial score (nSPS) is 10.8. The molecule has 1 N–H and O–H groups in total. The van der Waals surface area contributed by atoms with Crippen LogP contribution in [0.5, 0.6) is 0 Å². The molecule has 2 heterocycles. The van der Waals surface area contributed by atoms with Crippen LogP contribution in [0.3, 0.4) is 0 Å². The van der Waals surface area contributed by atoms with Gasteiger partial charge in [-0.25, -0.2) is 4.98 Å². The molecule has 0 aliphatic heterocycles.